The van der Waals surface area contributed by atoms with Crippen LogP contribution in [0.4, 0.5) is 0 Å². The zero-order valence-electron chi connectivity index (χ0n) is 16.1. The van der Waals surface area contributed by atoms with Crippen LogP contribution in [-0.2, 0) is 17.8 Å². The lowest BCUT2D eigenvalue weighted by molar-refractivity contribution is -0.120. The molecule has 0 aliphatic heterocycles. The van der Waals surface area contributed by atoms with Crippen LogP contribution in [0.2, 0.25) is 0 Å². The molecule has 146 valence electrons. The van der Waals surface area contributed by atoms with Crippen molar-refractivity contribution < 1.29 is 9.53 Å². The first kappa shape index (κ1) is 19.8. The summed E-state index contributed by atoms with van der Waals surface area (Å²) in [6, 6.07) is 10.6. The van der Waals surface area contributed by atoms with Gasteiger partial charge in [0, 0.05) is 18.2 Å². The number of benzene rings is 1. The molecule has 2 heterocycles. The van der Waals surface area contributed by atoms with E-state index in [1.807, 2.05) is 38.1 Å². The van der Waals surface area contributed by atoms with Crippen molar-refractivity contribution in [2.45, 2.75) is 26.8 Å². The van der Waals surface area contributed by atoms with E-state index in [1.165, 1.54) is 10.7 Å². The molecule has 28 heavy (non-hydrogen) atoms. The third-order valence-corrected chi connectivity index (χ3v) is 5.29. The minimum absolute atomic E-state index is 0.136. The summed E-state index contributed by atoms with van der Waals surface area (Å²) in [6.07, 6.45) is 0.214. The van der Waals surface area contributed by atoms with Gasteiger partial charge in [0.2, 0.25) is 5.91 Å². The molecule has 0 aliphatic carbocycles. The van der Waals surface area contributed by atoms with Gasteiger partial charge in [-0.25, -0.2) is 9.67 Å². The van der Waals surface area contributed by atoms with E-state index in [-0.39, 0.29) is 17.9 Å². The third kappa shape index (κ3) is 4.64. The number of carbonyl (C=O) groups excluding carboxylic acids is 1. The van der Waals surface area contributed by atoms with Crippen LogP contribution >= 0.6 is 11.3 Å². The number of ether oxygens (including phenoxy) is 1. The van der Waals surface area contributed by atoms with Gasteiger partial charge in [-0.1, -0.05) is 18.2 Å². The van der Waals surface area contributed by atoms with Gasteiger partial charge >= 0.3 is 0 Å². The van der Waals surface area contributed by atoms with Crippen molar-refractivity contribution in [2.75, 3.05) is 13.7 Å². The molecule has 3 aromatic rings. The third-order valence-electron chi connectivity index (χ3n) is 4.19. The summed E-state index contributed by atoms with van der Waals surface area (Å²) in [5, 5.41) is 8.21. The molecule has 0 saturated heterocycles. The second-order valence-corrected chi connectivity index (χ2v) is 7.47. The molecule has 0 unspecified atom stereocenters. The molecule has 0 aliphatic rings. The number of aromatic nitrogens is 3. The van der Waals surface area contributed by atoms with Gasteiger partial charge in [-0.3, -0.25) is 9.59 Å². The Hall–Kier alpha value is -3.00. The molecule has 3 rings (SSSR count). The Bertz CT molecular complexity index is 1040. The smallest absolute Gasteiger partial charge is 0.266 e. The second-order valence-electron chi connectivity index (χ2n) is 6.27. The number of hydrogen-bond donors (Lipinski definition) is 1. The second kappa shape index (κ2) is 8.79. The maximum atomic E-state index is 12.2. The number of amides is 1. The molecule has 1 N–H and O–H groups in total. The molecular formula is C20H22N4O3S. The lowest BCUT2D eigenvalue weighted by atomic mass is 10.1. The van der Waals surface area contributed by atoms with Gasteiger partial charge in [0.05, 0.1) is 35.7 Å². The van der Waals surface area contributed by atoms with Crippen LogP contribution in [0.3, 0.4) is 0 Å². The molecule has 0 bridgehead atoms. The summed E-state index contributed by atoms with van der Waals surface area (Å²) in [4.78, 5) is 29.7. The number of rotatable bonds is 7. The van der Waals surface area contributed by atoms with Crippen LogP contribution in [-0.4, -0.2) is 34.3 Å². The van der Waals surface area contributed by atoms with Crippen molar-refractivity contribution >= 4 is 17.2 Å². The fraction of sp³-hybridized carbons (Fsp3) is 0.300. The minimum Gasteiger partial charge on any atom is -0.496 e. The van der Waals surface area contributed by atoms with E-state index in [0.717, 1.165) is 21.1 Å². The highest BCUT2D eigenvalue weighted by molar-refractivity contribution is 7.15. The van der Waals surface area contributed by atoms with Crippen LogP contribution in [0, 0.1) is 13.8 Å². The van der Waals surface area contributed by atoms with E-state index in [1.54, 1.807) is 24.5 Å². The topological polar surface area (TPSA) is 86.1 Å². The molecule has 1 amide bonds. The molecule has 0 fully saturated rings. The molecule has 0 atom stereocenters. The van der Waals surface area contributed by atoms with Gasteiger partial charge in [0.15, 0.2) is 0 Å². The van der Waals surface area contributed by atoms with Gasteiger partial charge in [-0.05, 0) is 26.0 Å². The lowest BCUT2D eigenvalue weighted by Gasteiger charge is -2.10. The first-order valence-corrected chi connectivity index (χ1v) is 9.70. The van der Waals surface area contributed by atoms with Crippen LogP contribution < -0.4 is 15.6 Å². The quantitative estimate of drug-likeness (QED) is 0.660. The van der Waals surface area contributed by atoms with E-state index in [2.05, 4.69) is 15.4 Å². The Balaban J connectivity index is 1.63. The van der Waals surface area contributed by atoms with Crippen molar-refractivity contribution in [2.24, 2.45) is 0 Å². The summed E-state index contributed by atoms with van der Waals surface area (Å²) < 4.78 is 6.63. The van der Waals surface area contributed by atoms with Gasteiger partial charge in [-0.2, -0.15) is 5.10 Å². The molecule has 1 aromatic carbocycles. The number of carbonyl (C=O) groups is 1. The highest BCUT2D eigenvalue weighted by Crippen LogP contribution is 2.27. The predicted octanol–water partition coefficient (Wildman–Crippen LogP) is 2.35. The molecule has 8 heteroatoms. The number of nitrogens with zero attached hydrogens (tertiary/aromatic N) is 3. The van der Waals surface area contributed by atoms with E-state index < -0.39 is 0 Å². The summed E-state index contributed by atoms with van der Waals surface area (Å²) >= 11 is 1.54. The van der Waals surface area contributed by atoms with Crippen LogP contribution in [0.5, 0.6) is 5.75 Å². The Morgan fingerprint density at radius 1 is 1.21 bits per heavy atom. The van der Waals surface area contributed by atoms with E-state index in [0.29, 0.717) is 24.5 Å². The molecule has 7 nitrogen and oxygen atoms in total. The number of nitrogens with one attached hydrogen (secondary N) is 1. The lowest BCUT2D eigenvalue weighted by Crippen LogP contribution is -2.32. The van der Waals surface area contributed by atoms with Gasteiger partial charge in [-0.15, -0.1) is 11.3 Å². The summed E-state index contributed by atoms with van der Waals surface area (Å²) in [6.45, 7) is 4.47. The zero-order chi connectivity index (χ0) is 20.1. The first-order valence-electron chi connectivity index (χ1n) is 8.89. The van der Waals surface area contributed by atoms with Crippen molar-refractivity contribution in [3.63, 3.8) is 0 Å². The Morgan fingerprint density at radius 3 is 2.71 bits per heavy atom. The number of aryl methyl sites for hydroxylation is 2. The molecule has 0 saturated carbocycles. The first-order chi connectivity index (χ1) is 13.5. The molecular weight excluding hydrogens is 376 g/mol. The summed E-state index contributed by atoms with van der Waals surface area (Å²) in [5.41, 5.74) is 2.21. The fourth-order valence-corrected chi connectivity index (χ4v) is 3.77. The van der Waals surface area contributed by atoms with Crippen molar-refractivity contribution in [3.8, 4) is 16.3 Å². The van der Waals surface area contributed by atoms with E-state index >= 15 is 0 Å². The maximum Gasteiger partial charge on any atom is 0.266 e. The zero-order valence-corrected chi connectivity index (χ0v) is 16.9. The number of hydrogen-bond acceptors (Lipinski definition) is 6. The standard InChI is InChI=1S/C20H22N4O3S/c1-13-20(28-14(2)22-13)16-8-9-19(26)24(23-16)11-10-21-18(25)12-15-6-4-5-7-17(15)27-3/h4-9H,10-12H2,1-3H3,(H,21,25). The van der Waals surface area contributed by atoms with E-state index in [9.17, 15) is 9.59 Å². The molecule has 0 radical (unpaired) electrons. The Morgan fingerprint density at radius 2 is 2.00 bits per heavy atom. The van der Waals surface area contributed by atoms with Crippen LogP contribution in [0.15, 0.2) is 41.2 Å². The normalized spacial score (nSPS) is 10.7. The summed E-state index contributed by atoms with van der Waals surface area (Å²) in [7, 11) is 1.58. The average molecular weight is 398 g/mol. The Kier molecular flexibility index (Phi) is 6.20. The van der Waals surface area contributed by atoms with Crippen molar-refractivity contribution in [3.05, 3.63) is 63.0 Å². The van der Waals surface area contributed by atoms with Crippen molar-refractivity contribution in [1.29, 1.82) is 0 Å². The number of methoxy groups -OCH3 is 1. The Labute approximate surface area is 167 Å². The maximum absolute atomic E-state index is 12.2. The largest absolute Gasteiger partial charge is 0.496 e. The predicted molar refractivity (Wildman–Crippen MR) is 109 cm³/mol. The van der Waals surface area contributed by atoms with E-state index in [4.69, 9.17) is 4.74 Å². The SMILES string of the molecule is COc1ccccc1CC(=O)NCCn1nc(-c2sc(C)nc2C)ccc1=O. The fourth-order valence-electron chi connectivity index (χ4n) is 2.88. The highest BCUT2D eigenvalue weighted by Gasteiger charge is 2.11. The van der Waals surface area contributed by atoms with Gasteiger partial charge < -0.3 is 10.1 Å². The van der Waals surface area contributed by atoms with Gasteiger partial charge in [0.1, 0.15) is 11.4 Å². The molecule has 0 spiro atoms. The van der Waals surface area contributed by atoms with Crippen molar-refractivity contribution in [1.82, 2.24) is 20.1 Å². The van der Waals surface area contributed by atoms with Gasteiger partial charge in [0.25, 0.3) is 5.56 Å². The minimum atomic E-state index is -0.207. The summed E-state index contributed by atoms with van der Waals surface area (Å²) in [5.74, 6) is 0.543. The average Bonchev–Trinajstić information content (AvgIpc) is 3.02. The highest BCUT2D eigenvalue weighted by atomic mass is 32.1. The number of para-hydroxylation sites is 1. The number of thiazole rings is 1. The van der Waals surface area contributed by atoms with Crippen LogP contribution in [0.1, 0.15) is 16.3 Å². The molecule has 2 aromatic heterocycles. The monoisotopic (exact) mass is 398 g/mol. The van der Waals surface area contributed by atoms with Crippen LogP contribution in [0.25, 0.3) is 10.6 Å².